The Kier molecular flexibility index (Phi) is 4.91. The van der Waals surface area contributed by atoms with Crippen LogP contribution in [-0.2, 0) is 24.1 Å². The Morgan fingerprint density at radius 3 is 2.52 bits per heavy atom. The number of aryl methyl sites for hydroxylation is 1. The molecule has 2 rings (SSSR count). The van der Waals surface area contributed by atoms with Gasteiger partial charge in [0, 0.05) is 32.3 Å². The second-order valence-corrected chi connectivity index (χ2v) is 6.70. The molecule has 0 aromatic carbocycles. The predicted molar refractivity (Wildman–Crippen MR) is 78.1 cm³/mol. The highest BCUT2D eigenvalue weighted by molar-refractivity contribution is 5.68. The van der Waals surface area contributed by atoms with Crippen LogP contribution in [0.2, 0.25) is 0 Å². The van der Waals surface area contributed by atoms with Crippen molar-refractivity contribution in [2.24, 2.45) is 0 Å². The Balaban J connectivity index is 1.95. The highest BCUT2D eigenvalue weighted by Crippen LogP contribution is 2.21. The van der Waals surface area contributed by atoms with E-state index >= 15 is 0 Å². The van der Waals surface area contributed by atoms with Gasteiger partial charge in [0.25, 0.3) is 0 Å². The van der Waals surface area contributed by atoms with Crippen LogP contribution >= 0.6 is 0 Å². The Hall–Kier alpha value is -1.73. The highest BCUT2D eigenvalue weighted by atomic mass is 19.4. The maximum absolute atomic E-state index is 12.3. The van der Waals surface area contributed by atoms with Crippen LogP contribution < -0.4 is 0 Å². The zero-order valence-corrected chi connectivity index (χ0v) is 13.6. The summed E-state index contributed by atoms with van der Waals surface area (Å²) in [4.78, 5) is 13.7. The molecule has 130 valence electrons. The fraction of sp³-hybridized carbons (Fsp3) is 0.733. The zero-order chi connectivity index (χ0) is 17.3. The first-order valence-corrected chi connectivity index (χ1v) is 7.63. The molecule has 2 heterocycles. The van der Waals surface area contributed by atoms with Crippen LogP contribution in [0.3, 0.4) is 0 Å². The molecule has 8 heteroatoms. The Bertz CT molecular complexity index is 536. The molecule has 1 aliphatic heterocycles. The molecule has 0 saturated carbocycles. The van der Waals surface area contributed by atoms with Gasteiger partial charge in [-0.15, -0.1) is 0 Å². The van der Waals surface area contributed by atoms with E-state index in [0.29, 0.717) is 25.9 Å². The lowest BCUT2D eigenvalue weighted by Crippen LogP contribution is -2.38. The molecular formula is C15H22F3N3O2. The summed E-state index contributed by atoms with van der Waals surface area (Å²) >= 11 is 0. The van der Waals surface area contributed by atoms with Gasteiger partial charge in [-0.25, -0.2) is 4.79 Å². The van der Waals surface area contributed by atoms with Gasteiger partial charge < -0.3 is 9.64 Å². The summed E-state index contributed by atoms with van der Waals surface area (Å²) in [5, 5.41) is 4.22. The van der Waals surface area contributed by atoms with Crippen molar-refractivity contribution in [3.05, 3.63) is 17.5 Å². The average molecular weight is 333 g/mol. The van der Waals surface area contributed by atoms with E-state index in [1.807, 2.05) is 20.8 Å². The number of hydrogen-bond acceptors (Lipinski definition) is 3. The Morgan fingerprint density at radius 1 is 1.26 bits per heavy atom. The number of carbonyl (C=O) groups excluding carboxylic acids is 1. The van der Waals surface area contributed by atoms with E-state index in [2.05, 4.69) is 5.10 Å². The Morgan fingerprint density at radius 2 is 1.91 bits per heavy atom. The van der Waals surface area contributed by atoms with Crippen LogP contribution in [0.5, 0.6) is 0 Å². The van der Waals surface area contributed by atoms with E-state index < -0.39 is 18.2 Å². The summed E-state index contributed by atoms with van der Waals surface area (Å²) in [6.07, 6.45) is -2.70. The molecular weight excluding hydrogens is 311 g/mol. The van der Waals surface area contributed by atoms with Gasteiger partial charge in [0.2, 0.25) is 0 Å². The number of amides is 1. The van der Waals surface area contributed by atoms with Crippen LogP contribution in [0.1, 0.15) is 38.4 Å². The molecule has 1 amide bonds. The quantitative estimate of drug-likeness (QED) is 0.835. The lowest BCUT2D eigenvalue weighted by atomic mass is 10.2. The van der Waals surface area contributed by atoms with Crippen molar-refractivity contribution in [2.45, 2.75) is 58.4 Å². The van der Waals surface area contributed by atoms with Gasteiger partial charge in [-0.3, -0.25) is 4.68 Å². The number of hydrogen-bond donors (Lipinski definition) is 0. The zero-order valence-electron chi connectivity index (χ0n) is 13.6. The van der Waals surface area contributed by atoms with Crippen LogP contribution in [0.15, 0.2) is 6.20 Å². The number of rotatable bonds is 2. The molecule has 1 aromatic rings. The molecule has 0 fully saturated rings. The Labute approximate surface area is 133 Å². The minimum atomic E-state index is -4.18. The van der Waals surface area contributed by atoms with Crippen molar-refractivity contribution in [1.29, 1.82) is 0 Å². The van der Waals surface area contributed by atoms with E-state index in [9.17, 15) is 18.0 Å². The maximum atomic E-state index is 12.3. The van der Waals surface area contributed by atoms with Gasteiger partial charge in [-0.1, -0.05) is 0 Å². The van der Waals surface area contributed by atoms with Crippen molar-refractivity contribution >= 4 is 6.09 Å². The number of fused-ring (bicyclic) bond motifs is 1. The molecule has 1 aliphatic rings. The monoisotopic (exact) mass is 333 g/mol. The number of carbonyl (C=O) groups is 1. The van der Waals surface area contributed by atoms with Gasteiger partial charge in [0.15, 0.2) is 0 Å². The third-order valence-corrected chi connectivity index (χ3v) is 3.47. The molecule has 23 heavy (non-hydrogen) atoms. The van der Waals surface area contributed by atoms with E-state index in [0.717, 1.165) is 11.3 Å². The summed E-state index contributed by atoms with van der Waals surface area (Å²) in [5.74, 6) is 0. The van der Waals surface area contributed by atoms with E-state index in [4.69, 9.17) is 4.74 Å². The number of nitrogens with zero attached hydrogens (tertiary/aromatic N) is 3. The SMILES string of the molecule is CC(C)(C)OC(=O)N1CCc2cn(CCC(F)(F)F)nc2CC1. The molecule has 0 N–H and O–H groups in total. The fourth-order valence-electron chi connectivity index (χ4n) is 2.39. The lowest BCUT2D eigenvalue weighted by molar-refractivity contribution is -0.137. The van der Waals surface area contributed by atoms with E-state index in [1.165, 1.54) is 4.68 Å². The summed E-state index contributed by atoms with van der Waals surface area (Å²) in [5.41, 5.74) is 1.11. The predicted octanol–water partition coefficient (Wildman–Crippen LogP) is 3.17. The van der Waals surface area contributed by atoms with Crippen LogP contribution in [0.25, 0.3) is 0 Å². The number of alkyl halides is 3. The summed E-state index contributed by atoms with van der Waals surface area (Å²) in [7, 11) is 0. The average Bonchev–Trinajstić information content (AvgIpc) is 2.66. The first-order chi connectivity index (χ1) is 10.5. The van der Waals surface area contributed by atoms with Gasteiger partial charge in [-0.2, -0.15) is 18.3 Å². The molecule has 0 atom stereocenters. The second kappa shape index (κ2) is 6.41. The third-order valence-electron chi connectivity index (χ3n) is 3.47. The summed E-state index contributed by atoms with van der Waals surface area (Å²) in [6, 6.07) is 0. The van der Waals surface area contributed by atoms with E-state index in [1.54, 1.807) is 11.1 Å². The van der Waals surface area contributed by atoms with Crippen molar-refractivity contribution in [2.75, 3.05) is 13.1 Å². The molecule has 0 spiro atoms. The van der Waals surface area contributed by atoms with E-state index in [-0.39, 0.29) is 12.6 Å². The van der Waals surface area contributed by atoms with Crippen LogP contribution in [-0.4, -0.2) is 45.6 Å². The lowest BCUT2D eigenvalue weighted by Gasteiger charge is -2.26. The minimum Gasteiger partial charge on any atom is -0.444 e. The maximum Gasteiger partial charge on any atom is 0.410 e. The first-order valence-electron chi connectivity index (χ1n) is 7.63. The van der Waals surface area contributed by atoms with Crippen molar-refractivity contribution < 1.29 is 22.7 Å². The number of halogens is 3. The highest BCUT2D eigenvalue weighted by Gasteiger charge is 2.28. The summed E-state index contributed by atoms with van der Waals surface area (Å²) < 4.78 is 43.5. The number of aromatic nitrogens is 2. The fourth-order valence-corrected chi connectivity index (χ4v) is 2.39. The van der Waals surface area contributed by atoms with Gasteiger partial charge in [-0.05, 0) is 32.8 Å². The molecule has 0 aliphatic carbocycles. The van der Waals surface area contributed by atoms with Crippen molar-refractivity contribution in [1.82, 2.24) is 14.7 Å². The standard InChI is InChI=1S/C15H22F3N3O2/c1-14(2,3)23-13(22)20-7-4-11-10-21(9-6-15(16,17)18)19-12(11)5-8-20/h10H,4-9H2,1-3H3. The first kappa shape index (κ1) is 17.6. The molecule has 1 aromatic heterocycles. The van der Waals surface area contributed by atoms with Gasteiger partial charge in [0.1, 0.15) is 5.60 Å². The second-order valence-electron chi connectivity index (χ2n) is 6.70. The normalized spacial score (nSPS) is 16.0. The van der Waals surface area contributed by atoms with Gasteiger partial charge in [0.05, 0.1) is 12.1 Å². The van der Waals surface area contributed by atoms with Gasteiger partial charge >= 0.3 is 12.3 Å². The third kappa shape index (κ3) is 5.44. The van der Waals surface area contributed by atoms with Crippen LogP contribution in [0, 0.1) is 0 Å². The molecule has 0 saturated heterocycles. The topological polar surface area (TPSA) is 47.4 Å². The molecule has 0 radical (unpaired) electrons. The number of ether oxygens (including phenoxy) is 1. The summed E-state index contributed by atoms with van der Waals surface area (Å²) in [6.45, 7) is 6.19. The van der Waals surface area contributed by atoms with Crippen LogP contribution in [0.4, 0.5) is 18.0 Å². The molecule has 0 unspecified atom stereocenters. The van der Waals surface area contributed by atoms with Crippen molar-refractivity contribution in [3.63, 3.8) is 0 Å². The molecule has 0 bridgehead atoms. The minimum absolute atomic E-state index is 0.174. The molecule has 5 nitrogen and oxygen atoms in total. The smallest absolute Gasteiger partial charge is 0.410 e. The largest absolute Gasteiger partial charge is 0.444 e. The van der Waals surface area contributed by atoms with Crippen molar-refractivity contribution in [3.8, 4) is 0 Å².